The van der Waals surface area contributed by atoms with Crippen molar-refractivity contribution >= 4 is 21.9 Å². The summed E-state index contributed by atoms with van der Waals surface area (Å²) in [4.78, 5) is 11.7. The van der Waals surface area contributed by atoms with Gasteiger partial charge in [-0.3, -0.25) is 4.79 Å². The highest BCUT2D eigenvalue weighted by Gasteiger charge is 2.43. The molecule has 1 aromatic rings. The van der Waals surface area contributed by atoms with Crippen molar-refractivity contribution in [3.05, 3.63) is 33.8 Å². The Labute approximate surface area is 117 Å². The first kappa shape index (κ1) is 13.6. The summed E-state index contributed by atoms with van der Waals surface area (Å²) >= 11 is 3.51. The van der Waals surface area contributed by atoms with Gasteiger partial charge >= 0.3 is 5.97 Å². The van der Waals surface area contributed by atoms with Crippen LogP contribution in [-0.2, 0) is 10.2 Å². The van der Waals surface area contributed by atoms with Gasteiger partial charge < -0.3 is 5.11 Å². The number of carboxylic acid groups (broad SMARTS) is 1. The molecule has 0 bridgehead atoms. The Balaban J connectivity index is 2.51. The van der Waals surface area contributed by atoms with Crippen LogP contribution >= 0.6 is 15.9 Å². The van der Waals surface area contributed by atoms with E-state index in [1.165, 1.54) is 5.56 Å². The van der Waals surface area contributed by atoms with E-state index in [2.05, 4.69) is 41.9 Å². The molecule has 2 rings (SSSR count). The SMILES string of the molecule is CC(C)c1cc(Br)cc(C2(C(=O)O)CCCC2)c1. The first-order valence-corrected chi connectivity index (χ1v) is 7.29. The Morgan fingerprint density at radius 1 is 1.28 bits per heavy atom. The van der Waals surface area contributed by atoms with Gasteiger partial charge in [-0.15, -0.1) is 0 Å². The maximum Gasteiger partial charge on any atom is 0.314 e. The van der Waals surface area contributed by atoms with Crippen LogP contribution in [0.3, 0.4) is 0 Å². The molecule has 1 aromatic carbocycles. The van der Waals surface area contributed by atoms with E-state index in [1.54, 1.807) is 0 Å². The smallest absolute Gasteiger partial charge is 0.314 e. The molecule has 0 saturated heterocycles. The van der Waals surface area contributed by atoms with Gasteiger partial charge in [0.25, 0.3) is 0 Å². The average Bonchev–Trinajstić information content (AvgIpc) is 2.78. The topological polar surface area (TPSA) is 37.3 Å². The Morgan fingerprint density at radius 3 is 2.39 bits per heavy atom. The number of aliphatic carboxylic acids is 1. The van der Waals surface area contributed by atoms with Crippen molar-refractivity contribution in [3.63, 3.8) is 0 Å². The molecule has 1 N–H and O–H groups in total. The average molecular weight is 311 g/mol. The molecule has 1 aliphatic carbocycles. The zero-order chi connectivity index (χ0) is 13.3. The molecule has 3 heteroatoms. The molecule has 0 spiro atoms. The van der Waals surface area contributed by atoms with Crippen molar-refractivity contribution in [1.29, 1.82) is 0 Å². The van der Waals surface area contributed by atoms with Crippen LogP contribution in [0.4, 0.5) is 0 Å². The fourth-order valence-corrected chi connectivity index (χ4v) is 3.34. The number of hydrogen-bond donors (Lipinski definition) is 1. The second-order valence-corrected chi connectivity index (χ2v) is 6.44. The molecule has 18 heavy (non-hydrogen) atoms. The van der Waals surface area contributed by atoms with Crippen molar-refractivity contribution < 1.29 is 9.90 Å². The summed E-state index contributed by atoms with van der Waals surface area (Å²) < 4.78 is 0.983. The Bertz CT molecular complexity index is 460. The summed E-state index contributed by atoms with van der Waals surface area (Å²) in [6.45, 7) is 4.27. The fourth-order valence-electron chi connectivity index (χ4n) is 2.83. The molecular weight excluding hydrogens is 292 g/mol. The molecule has 0 aromatic heterocycles. The van der Waals surface area contributed by atoms with Crippen LogP contribution in [0.1, 0.15) is 56.6 Å². The van der Waals surface area contributed by atoms with Gasteiger partial charge in [-0.2, -0.15) is 0 Å². The molecular formula is C15H19BrO2. The molecule has 0 aliphatic heterocycles. The predicted octanol–water partition coefficient (Wildman–Crippen LogP) is 4.47. The van der Waals surface area contributed by atoms with Crippen LogP contribution in [0.25, 0.3) is 0 Å². The van der Waals surface area contributed by atoms with Crippen LogP contribution < -0.4 is 0 Å². The molecule has 0 amide bonds. The van der Waals surface area contributed by atoms with Gasteiger partial charge in [-0.1, -0.05) is 48.7 Å². The molecule has 0 atom stereocenters. The van der Waals surface area contributed by atoms with Gasteiger partial charge in [-0.25, -0.2) is 0 Å². The quantitative estimate of drug-likeness (QED) is 0.894. The van der Waals surface area contributed by atoms with Gasteiger partial charge in [-0.05, 0) is 42.0 Å². The second kappa shape index (κ2) is 5.04. The van der Waals surface area contributed by atoms with Crippen LogP contribution in [-0.4, -0.2) is 11.1 Å². The van der Waals surface area contributed by atoms with Crippen LogP contribution in [0.15, 0.2) is 22.7 Å². The standard InChI is InChI=1S/C15H19BrO2/c1-10(2)11-7-12(9-13(16)8-11)15(14(17)18)5-3-4-6-15/h7-10H,3-6H2,1-2H3,(H,17,18). The van der Waals surface area contributed by atoms with E-state index in [0.717, 1.165) is 35.7 Å². The molecule has 0 radical (unpaired) electrons. The summed E-state index contributed by atoms with van der Waals surface area (Å²) in [6.07, 6.45) is 3.54. The predicted molar refractivity (Wildman–Crippen MR) is 76.0 cm³/mol. The van der Waals surface area contributed by atoms with E-state index in [1.807, 2.05) is 6.07 Å². The van der Waals surface area contributed by atoms with E-state index < -0.39 is 11.4 Å². The van der Waals surface area contributed by atoms with Gasteiger partial charge in [0.05, 0.1) is 5.41 Å². The molecule has 2 nitrogen and oxygen atoms in total. The Kier molecular flexibility index (Phi) is 3.81. The van der Waals surface area contributed by atoms with Crippen molar-refractivity contribution in [1.82, 2.24) is 0 Å². The summed E-state index contributed by atoms with van der Waals surface area (Å²) in [5.74, 6) is -0.263. The molecule has 98 valence electrons. The van der Waals surface area contributed by atoms with E-state index >= 15 is 0 Å². The number of halogens is 1. The van der Waals surface area contributed by atoms with E-state index in [0.29, 0.717) is 5.92 Å². The van der Waals surface area contributed by atoms with Crippen molar-refractivity contribution in [2.75, 3.05) is 0 Å². The van der Waals surface area contributed by atoms with E-state index in [-0.39, 0.29) is 0 Å². The zero-order valence-electron chi connectivity index (χ0n) is 10.9. The molecule has 1 aliphatic rings. The minimum atomic E-state index is -0.673. The van der Waals surface area contributed by atoms with E-state index in [9.17, 15) is 9.90 Å². The highest BCUT2D eigenvalue weighted by molar-refractivity contribution is 9.10. The summed E-state index contributed by atoms with van der Waals surface area (Å²) in [7, 11) is 0. The van der Waals surface area contributed by atoms with Gasteiger partial charge in [0.1, 0.15) is 0 Å². The second-order valence-electron chi connectivity index (χ2n) is 5.52. The van der Waals surface area contributed by atoms with Crippen molar-refractivity contribution in [2.24, 2.45) is 0 Å². The van der Waals surface area contributed by atoms with Crippen LogP contribution in [0, 0.1) is 0 Å². The maximum absolute atomic E-state index is 11.7. The number of hydrogen-bond acceptors (Lipinski definition) is 1. The lowest BCUT2D eigenvalue weighted by atomic mass is 9.78. The summed E-state index contributed by atoms with van der Waals surface area (Å²) in [5.41, 5.74) is 1.51. The van der Waals surface area contributed by atoms with Crippen LogP contribution in [0.2, 0.25) is 0 Å². The number of carbonyl (C=O) groups is 1. The minimum absolute atomic E-state index is 0.411. The van der Waals surface area contributed by atoms with Gasteiger partial charge in [0.15, 0.2) is 0 Å². The highest BCUT2D eigenvalue weighted by Crippen LogP contribution is 2.43. The Hall–Kier alpha value is -0.830. The van der Waals surface area contributed by atoms with Gasteiger partial charge in [0.2, 0.25) is 0 Å². The largest absolute Gasteiger partial charge is 0.481 e. The number of benzene rings is 1. The van der Waals surface area contributed by atoms with Crippen molar-refractivity contribution in [3.8, 4) is 0 Å². The fraction of sp³-hybridized carbons (Fsp3) is 0.533. The first-order chi connectivity index (χ1) is 8.45. The normalized spacial score (nSPS) is 18.2. The molecule has 1 fully saturated rings. The zero-order valence-corrected chi connectivity index (χ0v) is 12.5. The number of carboxylic acids is 1. The third-order valence-electron chi connectivity index (χ3n) is 4.01. The lowest BCUT2D eigenvalue weighted by molar-refractivity contribution is -0.143. The van der Waals surface area contributed by atoms with Crippen LogP contribution in [0.5, 0.6) is 0 Å². The molecule has 1 saturated carbocycles. The lowest BCUT2D eigenvalue weighted by Gasteiger charge is -2.25. The minimum Gasteiger partial charge on any atom is -0.481 e. The lowest BCUT2D eigenvalue weighted by Crippen LogP contribution is -2.32. The van der Waals surface area contributed by atoms with E-state index in [4.69, 9.17) is 0 Å². The Morgan fingerprint density at radius 2 is 1.89 bits per heavy atom. The van der Waals surface area contributed by atoms with Crippen molar-refractivity contribution in [2.45, 2.75) is 50.9 Å². The highest BCUT2D eigenvalue weighted by atomic mass is 79.9. The number of rotatable bonds is 3. The summed E-state index contributed by atoms with van der Waals surface area (Å²) in [6, 6.07) is 6.14. The first-order valence-electron chi connectivity index (χ1n) is 6.50. The third-order valence-corrected chi connectivity index (χ3v) is 4.46. The summed E-state index contributed by atoms with van der Waals surface area (Å²) in [5, 5.41) is 9.62. The maximum atomic E-state index is 11.7. The third kappa shape index (κ3) is 2.33. The molecule has 0 unspecified atom stereocenters. The van der Waals surface area contributed by atoms with Gasteiger partial charge in [0, 0.05) is 4.47 Å². The monoisotopic (exact) mass is 310 g/mol. The molecule has 0 heterocycles.